The van der Waals surface area contributed by atoms with E-state index in [1.165, 1.54) is 10.9 Å². The molecule has 0 spiro atoms. The predicted octanol–water partition coefficient (Wildman–Crippen LogP) is 2.67. The van der Waals surface area contributed by atoms with Gasteiger partial charge in [0.05, 0.1) is 18.3 Å². The van der Waals surface area contributed by atoms with Crippen molar-refractivity contribution in [3.8, 4) is 0 Å². The van der Waals surface area contributed by atoms with Gasteiger partial charge in [0.2, 0.25) is 0 Å². The van der Waals surface area contributed by atoms with Gasteiger partial charge in [-0.05, 0) is 18.5 Å². The molecular weight excluding hydrogens is 210 g/mol. The van der Waals surface area contributed by atoms with Gasteiger partial charge in [-0.1, -0.05) is 39.0 Å². The normalized spacial score (nSPS) is 14.1. The summed E-state index contributed by atoms with van der Waals surface area (Å²) in [6.45, 7) is 7.65. The van der Waals surface area contributed by atoms with Crippen molar-refractivity contribution in [1.29, 1.82) is 0 Å². The minimum atomic E-state index is 0.224. The number of aromatic nitrogens is 2. The van der Waals surface area contributed by atoms with Crippen LogP contribution in [0.15, 0.2) is 30.5 Å². The Hall–Kier alpha value is -1.35. The third-order valence-electron chi connectivity index (χ3n) is 3.30. The lowest BCUT2D eigenvalue weighted by Gasteiger charge is -2.30. The van der Waals surface area contributed by atoms with E-state index in [1.54, 1.807) is 0 Å². The Kier molecular flexibility index (Phi) is 3.20. The molecule has 0 saturated heterocycles. The molecule has 0 fully saturated rings. The van der Waals surface area contributed by atoms with Crippen molar-refractivity contribution in [2.24, 2.45) is 5.41 Å². The monoisotopic (exact) mass is 231 g/mol. The van der Waals surface area contributed by atoms with Crippen LogP contribution in [0.2, 0.25) is 0 Å². The molecule has 1 N–H and O–H groups in total. The summed E-state index contributed by atoms with van der Waals surface area (Å²) in [6, 6.07) is 8.74. The Bertz CT molecular complexity index is 493. The Balaban J connectivity index is 2.29. The van der Waals surface area contributed by atoms with Crippen LogP contribution in [0.25, 0.3) is 10.9 Å². The molecule has 3 heteroatoms. The van der Waals surface area contributed by atoms with E-state index in [0.29, 0.717) is 6.04 Å². The van der Waals surface area contributed by atoms with Gasteiger partial charge in [0, 0.05) is 11.4 Å². The van der Waals surface area contributed by atoms with Crippen LogP contribution in [0.4, 0.5) is 0 Å². The number of benzene rings is 1. The Morgan fingerprint density at radius 1 is 1.29 bits per heavy atom. The largest absolute Gasteiger partial charge is 0.315 e. The zero-order chi connectivity index (χ0) is 12.5. The molecule has 0 aliphatic heterocycles. The molecule has 1 aromatic carbocycles. The first kappa shape index (κ1) is 12.1. The van der Waals surface area contributed by atoms with Crippen molar-refractivity contribution in [3.63, 3.8) is 0 Å². The van der Waals surface area contributed by atoms with Crippen molar-refractivity contribution in [2.75, 3.05) is 7.05 Å². The van der Waals surface area contributed by atoms with Crippen molar-refractivity contribution < 1.29 is 0 Å². The van der Waals surface area contributed by atoms with E-state index < -0.39 is 0 Å². The zero-order valence-electron chi connectivity index (χ0n) is 11.1. The van der Waals surface area contributed by atoms with E-state index in [9.17, 15) is 0 Å². The summed E-state index contributed by atoms with van der Waals surface area (Å²) in [5.41, 5.74) is 1.43. The Morgan fingerprint density at radius 2 is 2.00 bits per heavy atom. The molecule has 0 radical (unpaired) electrons. The minimum absolute atomic E-state index is 0.224. The second-order valence-electron chi connectivity index (χ2n) is 5.59. The third-order valence-corrected chi connectivity index (χ3v) is 3.30. The maximum Gasteiger partial charge on any atom is 0.0683 e. The average Bonchev–Trinajstić information content (AvgIpc) is 2.67. The van der Waals surface area contributed by atoms with Gasteiger partial charge in [0.1, 0.15) is 0 Å². The fourth-order valence-corrected chi connectivity index (χ4v) is 2.14. The van der Waals surface area contributed by atoms with Crippen molar-refractivity contribution in [3.05, 3.63) is 30.5 Å². The number of fused-ring (bicyclic) bond motifs is 1. The smallest absolute Gasteiger partial charge is 0.0683 e. The van der Waals surface area contributed by atoms with E-state index >= 15 is 0 Å². The lowest BCUT2D eigenvalue weighted by atomic mass is 9.87. The second kappa shape index (κ2) is 4.49. The van der Waals surface area contributed by atoms with Crippen molar-refractivity contribution >= 4 is 10.9 Å². The van der Waals surface area contributed by atoms with Gasteiger partial charge in [-0.25, -0.2) is 0 Å². The first-order chi connectivity index (χ1) is 8.02. The molecule has 0 saturated carbocycles. The third kappa shape index (κ3) is 2.50. The van der Waals surface area contributed by atoms with Gasteiger partial charge in [-0.15, -0.1) is 0 Å². The molecule has 2 rings (SSSR count). The predicted molar refractivity (Wildman–Crippen MR) is 72.0 cm³/mol. The fraction of sp³-hybridized carbons (Fsp3) is 0.500. The highest BCUT2D eigenvalue weighted by atomic mass is 15.3. The topological polar surface area (TPSA) is 29.9 Å². The molecule has 1 aromatic heterocycles. The van der Waals surface area contributed by atoms with Gasteiger partial charge in [0.25, 0.3) is 0 Å². The first-order valence-corrected chi connectivity index (χ1v) is 6.10. The summed E-state index contributed by atoms with van der Waals surface area (Å²) < 4.78 is 2.09. The van der Waals surface area contributed by atoms with Crippen LogP contribution in [0.1, 0.15) is 20.8 Å². The lowest BCUT2D eigenvalue weighted by Crippen LogP contribution is -2.41. The van der Waals surface area contributed by atoms with Crippen LogP contribution >= 0.6 is 0 Å². The highest BCUT2D eigenvalue weighted by Gasteiger charge is 2.23. The second-order valence-corrected chi connectivity index (χ2v) is 5.59. The summed E-state index contributed by atoms with van der Waals surface area (Å²) in [5, 5.41) is 9.06. The molecule has 1 heterocycles. The van der Waals surface area contributed by atoms with Crippen LogP contribution in [0, 0.1) is 5.41 Å². The standard InChI is InChI=1S/C14H21N3/c1-14(2,3)13(15-4)10-17-12-8-6-5-7-11(12)9-16-17/h5-9,13,15H,10H2,1-4H3. The first-order valence-electron chi connectivity index (χ1n) is 6.10. The summed E-state index contributed by atoms with van der Waals surface area (Å²) in [4.78, 5) is 0. The number of para-hydroxylation sites is 1. The average molecular weight is 231 g/mol. The minimum Gasteiger partial charge on any atom is -0.315 e. The van der Waals surface area contributed by atoms with Gasteiger partial charge in [-0.2, -0.15) is 5.10 Å². The van der Waals surface area contributed by atoms with Crippen LogP contribution in [-0.2, 0) is 6.54 Å². The fourth-order valence-electron chi connectivity index (χ4n) is 2.14. The van der Waals surface area contributed by atoms with Gasteiger partial charge in [-0.3, -0.25) is 4.68 Å². The number of hydrogen-bond donors (Lipinski definition) is 1. The van der Waals surface area contributed by atoms with E-state index in [2.05, 4.69) is 54.1 Å². The summed E-state index contributed by atoms with van der Waals surface area (Å²) in [5.74, 6) is 0. The maximum absolute atomic E-state index is 4.47. The van der Waals surface area contributed by atoms with Crippen LogP contribution < -0.4 is 5.32 Å². The Labute approximate surface area is 103 Å². The maximum atomic E-state index is 4.47. The van der Waals surface area contributed by atoms with E-state index in [4.69, 9.17) is 0 Å². The molecule has 3 nitrogen and oxygen atoms in total. The number of nitrogens with one attached hydrogen (secondary N) is 1. The number of likely N-dealkylation sites (N-methyl/N-ethyl adjacent to an activating group) is 1. The number of rotatable bonds is 3. The molecule has 0 aliphatic carbocycles. The SMILES string of the molecule is CNC(Cn1ncc2ccccc21)C(C)(C)C. The van der Waals surface area contributed by atoms with E-state index in [1.807, 2.05) is 19.3 Å². The molecule has 1 unspecified atom stereocenters. The molecular formula is C14H21N3. The number of hydrogen-bond acceptors (Lipinski definition) is 2. The van der Waals surface area contributed by atoms with E-state index in [0.717, 1.165) is 6.54 Å². The van der Waals surface area contributed by atoms with E-state index in [-0.39, 0.29) is 5.41 Å². The van der Waals surface area contributed by atoms with Crippen molar-refractivity contribution in [2.45, 2.75) is 33.4 Å². The lowest BCUT2D eigenvalue weighted by molar-refractivity contribution is 0.250. The molecule has 1 atom stereocenters. The van der Waals surface area contributed by atoms with Gasteiger partial charge < -0.3 is 5.32 Å². The van der Waals surface area contributed by atoms with Gasteiger partial charge in [0.15, 0.2) is 0 Å². The summed E-state index contributed by atoms with van der Waals surface area (Å²) in [7, 11) is 2.02. The zero-order valence-corrected chi connectivity index (χ0v) is 11.1. The highest BCUT2D eigenvalue weighted by molar-refractivity contribution is 5.78. The Morgan fingerprint density at radius 3 is 2.65 bits per heavy atom. The summed E-state index contributed by atoms with van der Waals surface area (Å²) in [6.07, 6.45) is 1.94. The molecule has 92 valence electrons. The molecule has 17 heavy (non-hydrogen) atoms. The molecule has 0 bridgehead atoms. The highest BCUT2D eigenvalue weighted by Crippen LogP contribution is 2.22. The van der Waals surface area contributed by atoms with Gasteiger partial charge >= 0.3 is 0 Å². The molecule has 0 amide bonds. The number of nitrogens with zero attached hydrogens (tertiary/aromatic N) is 2. The molecule has 2 aromatic rings. The van der Waals surface area contributed by atoms with Crippen LogP contribution in [0.5, 0.6) is 0 Å². The van der Waals surface area contributed by atoms with Crippen molar-refractivity contribution in [1.82, 2.24) is 15.1 Å². The summed E-state index contributed by atoms with van der Waals surface area (Å²) >= 11 is 0. The quantitative estimate of drug-likeness (QED) is 0.880. The molecule has 0 aliphatic rings. The van der Waals surface area contributed by atoms with Crippen LogP contribution in [0.3, 0.4) is 0 Å². The van der Waals surface area contributed by atoms with Crippen LogP contribution in [-0.4, -0.2) is 22.9 Å².